The third-order valence-corrected chi connectivity index (χ3v) is 2.38. The zero-order valence-electron chi connectivity index (χ0n) is 10.0. The molecule has 0 spiro atoms. The first kappa shape index (κ1) is 13.0. The standard InChI is InChI=1S/C14H12FNO3/c15-11-3-7-13(8-4-11)19-14(17)18-12-5-1-10(9-16)2-6-12/h1-8H,9,16H2. The van der Waals surface area contributed by atoms with Crippen LogP contribution in [0.1, 0.15) is 5.56 Å². The predicted molar refractivity (Wildman–Crippen MR) is 67.4 cm³/mol. The molecule has 2 aromatic carbocycles. The predicted octanol–water partition coefficient (Wildman–Crippen LogP) is 2.86. The number of ether oxygens (including phenoxy) is 2. The van der Waals surface area contributed by atoms with E-state index in [-0.39, 0.29) is 5.75 Å². The lowest BCUT2D eigenvalue weighted by atomic mass is 10.2. The van der Waals surface area contributed by atoms with Gasteiger partial charge in [0.15, 0.2) is 0 Å². The highest BCUT2D eigenvalue weighted by Gasteiger charge is 2.07. The molecule has 0 unspecified atom stereocenters. The van der Waals surface area contributed by atoms with Gasteiger partial charge >= 0.3 is 6.16 Å². The van der Waals surface area contributed by atoms with Crippen molar-refractivity contribution in [3.05, 3.63) is 59.9 Å². The zero-order chi connectivity index (χ0) is 13.7. The summed E-state index contributed by atoms with van der Waals surface area (Å²) in [6.07, 6.45) is -0.882. The lowest BCUT2D eigenvalue weighted by Gasteiger charge is -2.05. The summed E-state index contributed by atoms with van der Waals surface area (Å²) >= 11 is 0. The van der Waals surface area contributed by atoms with Crippen molar-refractivity contribution in [2.45, 2.75) is 6.54 Å². The Morgan fingerprint density at radius 3 is 1.89 bits per heavy atom. The van der Waals surface area contributed by atoms with Crippen molar-refractivity contribution in [1.82, 2.24) is 0 Å². The van der Waals surface area contributed by atoms with Crippen LogP contribution in [0.2, 0.25) is 0 Å². The summed E-state index contributed by atoms with van der Waals surface area (Å²) in [4.78, 5) is 11.5. The van der Waals surface area contributed by atoms with E-state index in [9.17, 15) is 9.18 Å². The van der Waals surface area contributed by atoms with Gasteiger partial charge in [-0.25, -0.2) is 9.18 Å². The molecular formula is C14H12FNO3. The maximum atomic E-state index is 12.7. The molecule has 4 nitrogen and oxygen atoms in total. The summed E-state index contributed by atoms with van der Waals surface area (Å²) < 4.78 is 22.5. The minimum atomic E-state index is -0.882. The minimum absolute atomic E-state index is 0.213. The average Bonchev–Trinajstić information content (AvgIpc) is 2.42. The largest absolute Gasteiger partial charge is 0.519 e. The van der Waals surface area contributed by atoms with Crippen LogP contribution in [0.25, 0.3) is 0 Å². The summed E-state index contributed by atoms with van der Waals surface area (Å²) in [6, 6.07) is 11.8. The molecule has 98 valence electrons. The van der Waals surface area contributed by atoms with Gasteiger partial charge in [0.2, 0.25) is 0 Å². The molecule has 0 amide bonds. The summed E-state index contributed by atoms with van der Waals surface area (Å²) in [6.45, 7) is 0.417. The Balaban J connectivity index is 1.95. The maximum absolute atomic E-state index is 12.7. The second kappa shape index (κ2) is 5.97. The van der Waals surface area contributed by atoms with Gasteiger partial charge in [-0.05, 0) is 42.0 Å². The van der Waals surface area contributed by atoms with Gasteiger partial charge in [0.05, 0.1) is 0 Å². The van der Waals surface area contributed by atoms with E-state index in [0.29, 0.717) is 12.3 Å². The van der Waals surface area contributed by atoms with Gasteiger partial charge in [0, 0.05) is 6.54 Å². The zero-order valence-corrected chi connectivity index (χ0v) is 10.0. The van der Waals surface area contributed by atoms with Gasteiger partial charge in [-0.15, -0.1) is 0 Å². The van der Waals surface area contributed by atoms with Crippen LogP contribution in [-0.2, 0) is 6.54 Å². The van der Waals surface area contributed by atoms with Crippen molar-refractivity contribution in [3.8, 4) is 11.5 Å². The van der Waals surface area contributed by atoms with Crippen molar-refractivity contribution >= 4 is 6.16 Å². The van der Waals surface area contributed by atoms with E-state index in [1.807, 2.05) is 0 Å². The van der Waals surface area contributed by atoms with Crippen LogP contribution in [0.4, 0.5) is 9.18 Å². The van der Waals surface area contributed by atoms with Crippen molar-refractivity contribution in [1.29, 1.82) is 0 Å². The lowest BCUT2D eigenvalue weighted by Crippen LogP contribution is -2.13. The number of nitrogens with two attached hydrogens (primary N) is 1. The quantitative estimate of drug-likeness (QED) is 0.681. The topological polar surface area (TPSA) is 61.5 Å². The molecule has 0 bridgehead atoms. The molecule has 0 aliphatic heterocycles. The molecule has 0 heterocycles. The summed E-state index contributed by atoms with van der Waals surface area (Å²) in [5.74, 6) is 0.160. The fraction of sp³-hybridized carbons (Fsp3) is 0.0714. The monoisotopic (exact) mass is 261 g/mol. The molecule has 2 rings (SSSR count). The molecule has 0 saturated carbocycles. The van der Waals surface area contributed by atoms with E-state index in [1.54, 1.807) is 24.3 Å². The van der Waals surface area contributed by atoms with Gasteiger partial charge in [0.25, 0.3) is 0 Å². The Labute approximate surface area is 109 Å². The Kier molecular flexibility index (Phi) is 4.10. The highest BCUT2D eigenvalue weighted by atomic mass is 19.1. The molecule has 0 saturated heterocycles. The van der Waals surface area contributed by atoms with E-state index >= 15 is 0 Å². The van der Waals surface area contributed by atoms with Crippen molar-refractivity contribution in [2.24, 2.45) is 5.73 Å². The first-order chi connectivity index (χ1) is 9.17. The van der Waals surface area contributed by atoms with Gasteiger partial charge < -0.3 is 15.2 Å². The van der Waals surface area contributed by atoms with Crippen LogP contribution < -0.4 is 15.2 Å². The number of benzene rings is 2. The minimum Gasteiger partial charge on any atom is -0.395 e. The molecule has 0 aromatic heterocycles. The normalized spacial score (nSPS) is 10.0. The Morgan fingerprint density at radius 2 is 1.42 bits per heavy atom. The van der Waals surface area contributed by atoms with Crippen LogP contribution in [0, 0.1) is 5.82 Å². The number of carbonyl (C=O) groups excluding carboxylic acids is 1. The van der Waals surface area contributed by atoms with E-state index in [0.717, 1.165) is 5.56 Å². The molecule has 0 aliphatic rings. The smallest absolute Gasteiger partial charge is 0.395 e. The maximum Gasteiger partial charge on any atom is 0.519 e. The Morgan fingerprint density at radius 1 is 0.947 bits per heavy atom. The Hall–Kier alpha value is -2.40. The summed E-state index contributed by atoms with van der Waals surface area (Å²) in [7, 11) is 0. The van der Waals surface area contributed by atoms with Crippen LogP contribution >= 0.6 is 0 Å². The highest BCUT2D eigenvalue weighted by molar-refractivity contribution is 5.67. The molecule has 0 aliphatic carbocycles. The van der Waals surface area contributed by atoms with Crippen LogP contribution in [0.5, 0.6) is 11.5 Å². The number of carbonyl (C=O) groups is 1. The van der Waals surface area contributed by atoms with E-state index < -0.39 is 12.0 Å². The second-order valence-electron chi connectivity index (χ2n) is 3.76. The van der Waals surface area contributed by atoms with Crippen molar-refractivity contribution in [2.75, 3.05) is 0 Å². The fourth-order valence-electron chi connectivity index (χ4n) is 1.41. The van der Waals surface area contributed by atoms with Crippen molar-refractivity contribution in [3.63, 3.8) is 0 Å². The third kappa shape index (κ3) is 3.79. The Bertz CT molecular complexity index is 552. The first-order valence-electron chi connectivity index (χ1n) is 5.61. The van der Waals surface area contributed by atoms with Crippen LogP contribution in [0.15, 0.2) is 48.5 Å². The number of hydrogen-bond acceptors (Lipinski definition) is 4. The molecule has 0 fully saturated rings. The van der Waals surface area contributed by atoms with Gasteiger partial charge in [-0.1, -0.05) is 12.1 Å². The number of halogens is 1. The van der Waals surface area contributed by atoms with E-state index in [2.05, 4.69) is 0 Å². The first-order valence-corrected chi connectivity index (χ1v) is 5.61. The molecule has 19 heavy (non-hydrogen) atoms. The molecule has 2 N–H and O–H groups in total. The second-order valence-corrected chi connectivity index (χ2v) is 3.76. The molecule has 0 radical (unpaired) electrons. The molecule has 2 aromatic rings. The van der Waals surface area contributed by atoms with Crippen molar-refractivity contribution < 1.29 is 18.7 Å². The highest BCUT2D eigenvalue weighted by Crippen LogP contribution is 2.15. The van der Waals surface area contributed by atoms with E-state index in [1.165, 1.54) is 24.3 Å². The summed E-state index contributed by atoms with van der Waals surface area (Å²) in [5, 5.41) is 0. The van der Waals surface area contributed by atoms with E-state index in [4.69, 9.17) is 15.2 Å². The number of hydrogen-bond donors (Lipinski definition) is 1. The average molecular weight is 261 g/mol. The van der Waals surface area contributed by atoms with Gasteiger partial charge in [-0.2, -0.15) is 0 Å². The van der Waals surface area contributed by atoms with Crippen LogP contribution in [0.3, 0.4) is 0 Å². The molecular weight excluding hydrogens is 249 g/mol. The molecule has 5 heteroatoms. The van der Waals surface area contributed by atoms with Gasteiger partial charge in [0.1, 0.15) is 17.3 Å². The molecule has 0 atom stereocenters. The lowest BCUT2D eigenvalue weighted by molar-refractivity contribution is 0.152. The SMILES string of the molecule is NCc1ccc(OC(=O)Oc2ccc(F)cc2)cc1. The summed E-state index contributed by atoms with van der Waals surface area (Å²) in [5.41, 5.74) is 6.38. The third-order valence-electron chi connectivity index (χ3n) is 2.38. The van der Waals surface area contributed by atoms with Crippen LogP contribution in [-0.4, -0.2) is 6.16 Å². The fourth-order valence-corrected chi connectivity index (χ4v) is 1.41. The number of rotatable bonds is 3. The van der Waals surface area contributed by atoms with Gasteiger partial charge in [-0.3, -0.25) is 0 Å².